The van der Waals surface area contributed by atoms with Crippen LogP contribution in [-0.2, 0) is 11.3 Å². The summed E-state index contributed by atoms with van der Waals surface area (Å²) in [6.45, 7) is 0.506. The molecule has 5 nitrogen and oxygen atoms in total. The van der Waals surface area contributed by atoms with Crippen molar-refractivity contribution in [2.75, 3.05) is 5.32 Å². The molecule has 1 aromatic heterocycles. The summed E-state index contributed by atoms with van der Waals surface area (Å²) in [7, 11) is 0. The molecule has 24 heavy (non-hydrogen) atoms. The Bertz CT molecular complexity index is 806. The van der Waals surface area contributed by atoms with Gasteiger partial charge in [0.05, 0.1) is 11.6 Å². The maximum absolute atomic E-state index is 11.9. The highest BCUT2D eigenvalue weighted by Crippen LogP contribution is 2.33. The van der Waals surface area contributed by atoms with Crippen LogP contribution in [0.4, 0.5) is 5.69 Å². The fraction of sp³-hybridized carbons (Fsp3) is 0.118. The molecular weight excluding hydrogens is 344 g/mol. The van der Waals surface area contributed by atoms with E-state index in [1.165, 1.54) is 6.33 Å². The molecule has 3 rings (SSSR count). The van der Waals surface area contributed by atoms with Crippen LogP contribution in [0.5, 0.6) is 0 Å². The Hall–Kier alpha value is -2.31. The van der Waals surface area contributed by atoms with Gasteiger partial charge in [-0.15, -0.1) is 0 Å². The third kappa shape index (κ3) is 4.59. The van der Waals surface area contributed by atoms with Gasteiger partial charge in [0.2, 0.25) is 5.91 Å². The second-order valence-electron chi connectivity index (χ2n) is 5.01. The first-order valence-electron chi connectivity index (χ1n) is 7.35. The molecule has 0 aliphatic heterocycles. The van der Waals surface area contributed by atoms with Gasteiger partial charge in [-0.25, -0.2) is 4.98 Å². The molecule has 0 radical (unpaired) electrons. The molecule has 3 aromatic rings. The summed E-state index contributed by atoms with van der Waals surface area (Å²) < 4.78 is 1.63. The highest BCUT2D eigenvalue weighted by Gasteiger charge is 2.05. The molecule has 1 heterocycles. The molecule has 0 aliphatic carbocycles. The third-order valence-electron chi connectivity index (χ3n) is 3.24. The quantitative estimate of drug-likeness (QED) is 0.720. The lowest BCUT2D eigenvalue weighted by atomic mass is 10.3. The first kappa shape index (κ1) is 16.5. The Kier molecular flexibility index (Phi) is 5.51. The van der Waals surface area contributed by atoms with E-state index in [2.05, 4.69) is 15.4 Å². The zero-order valence-electron chi connectivity index (χ0n) is 12.7. The van der Waals surface area contributed by atoms with Gasteiger partial charge in [-0.05, 0) is 36.4 Å². The van der Waals surface area contributed by atoms with Gasteiger partial charge in [0, 0.05) is 21.9 Å². The Balaban J connectivity index is 1.54. The average molecular weight is 359 g/mol. The highest BCUT2D eigenvalue weighted by molar-refractivity contribution is 7.99. The maximum Gasteiger partial charge on any atom is 0.226 e. The van der Waals surface area contributed by atoms with Crippen molar-refractivity contribution in [3.63, 3.8) is 0 Å². The van der Waals surface area contributed by atoms with Crippen molar-refractivity contribution >= 4 is 35.0 Å². The number of halogens is 1. The van der Waals surface area contributed by atoms with E-state index in [9.17, 15) is 4.79 Å². The van der Waals surface area contributed by atoms with Crippen LogP contribution in [0.1, 0.15) is 6.42 Å². The van der Waals surface area contributed by atoms with Gasteiger partial charge in [-0.1, -0.05) is 35.5 Å². The van der Waals surface area contributed by atoms with E-state index in [4.69, 9.17) is 11.6 Å². The van der Waals surface area contributed by atoms with Gasteiger partial charge in [-0.3, -0.25) is 9.48 Å². The molecule has 7 heteroatoms. The third-order valence-corrected chi connectivity index (χ3v) is 4.76. The van der Waals surface area contributed by atoms with Gasteiger partial charge < -0.3 is 5.32 Å². The van der Waals surface area contributed by atoms with Crippen LogP contribution in [0, 0.1) is 0 Å². The molecule has 122 valence electrons. The SMILES string of the molecule is O=C(CCn1cncn1)Nc1ccc(Sc2ccccc2Cl)cc1. The number of aromatic nitrogens is 3. The van der Waals surface area contributed by atoms with Gasteiger partial charge in [0.1, 0.15) is 12.7 Å². The normalized spacial score (nSPS) is 10.5. The lowest BCUT2D eigenvalue weighted by Crippen LogP contribution is -2.14. The smallest absolute Gasteiger partial charge is 0.226 e. The van der Waals surface area contributed by atoms with Crippen LogP contribution in [0.15, 0.2) is 71.0 Å². The van der Waals surface area contributed by atoms with Gasteiger partial charge in [0.25, 0.3) is 0 Å². The molecule has 0 spiro atoms. The number of rotatable bonds is 6. The van der Waals surface area contributed by atoms with E-state index in [1.54, 1.807) is 22.8 Å². The predicted octanol–water partition coefficient (Wildman–Crippen LogP) is 4.11. The average Bonchev–Trinajstić information content (AvgIpc) is 3.10. The molecule has 0 saturated heterocycles. The Morgan fingerprint density at radius 1 is 1.17 bits per heavy atom. The van der Waals surface area contributed by atoms with Crippen molar-refractivity contribution in [3.8, 4) is 0 Å². The van der Waals surface area contributed by atoms with E-state index in [-0.39, 0.29) is 5.91 Å². The summed E-state index contributed by atoms with van der Waals surface area (Å²) >= 11 is 7.75. The summed E-state index contributed by atoms with van der Waals surface area (Å²) in [4.78, 5) is 17.8. The van der Waals surface area contributed by atoms with Crippen molar-refractivity contribution < 1.29 is 4.79 Å². The topological polar surface area (TPSA) is 59.8 Å². The lowest BCUT2D eigenvalue weighted by Gasteiger charge is -2.07. The largest absolute Gasteiger partial charge is 0.326 e. The van der Waals surface area contributed by atoms with Crippen molar-refractivity contribution in [2.24, 2.45) is 0 Å². The number of hydrogen-bond acceptors (Lipinski definition) is 4. The fourth-order valence-corrected chi connectivity index (χ4v) is 3.14. The van der Waals surface area contributed by atoms with Crippen LogP contribution in [0.25, 0.3) is 0 Å². The number of amides is 1. The van der Waals surface area contributed by atoms with Gasteiger partial charge >= 0.3 is 0 Å². The second kappa shape index (κ2) is 7.99. The Morgan fingerprint density at radius 2 is 1.96 bits per heavy atom. The van der Waals surface area contributed by atoms with E-state index in [0.29, 0.717) is 13.0 Å². The van der Waals surface area contributed by atoms with Crippen molar-refractivity contribution in [3.05, 3.63) is 66.2 Å². The molecule has 0 atom stereocenters. The zero-order valence-corrected chi connectivity index (χ0v) is 14.3. The number of anilines is 1. The number of benzene rings is 2. The molecule has 2 aromatic carbocycles. The standard InChI is InChI=1S/C17H15ClN4OS/c18-15-3-1-2-4-16(15)24-14-7-5-13(6-8-14)21-17(23)9-10-22-12-19-11-20-22/h1-8,11-12H,9-10H2,(H,21,23). The van der Waals surface area contributed by atoms with Crippen LogP contribution >= 0.6 is 23.4 Å². The number of hydrogen-bond donors (Lipinski definition) is 1. The molecule has 1 N–H and O–H groups in total. The minimum absolute atomic E-state index is 0.0583. The van der Waals surface area contributed by atoms with Gasteiger partial charge in [-0.2, -0.15) is 5.10 Å². The van der Waals surface area contributed by atoms with Gasteiger partial charge in [0.15, 0.2) is 0 Å². The van der Waals surface area contributed by atoms with E-state index in [0.717, 1.165) is 20.5 Å². The van der Waals surface area contributed by atoms with Crippen LogP contribution in [0.2, 0.25) is 5.02 Å². The summed E-state index contributed by atoms with van der Waals surface area (Å²) in [5.74, 6) is -0.0583. The Labute approximate surface area is 149 Å². The van der Waals surface area contributed by atoms with E-state index < -0.39 is 0 Å². The number of nitrogens with one attached hydrogen (secondary N) is 1. The molecule has 0 fully saturated rings. The predicted molar refractivity (Wildman–Crippen MR) is 95.3 cm³/mol. The zero-order chi connectivity index (χ0) is 16.8. The molecule has 0 unspecified atom stereocenters. The first-order valence-corrected chi connectivity index (χ1v) is 8.55. The summed E-state index contributed by atoms with van der Waals surface area (Å²) in [6.07, 6.45) is 3.39. The number of carbonyl (C=O) groups excluding carboxylic acids is 1. The highest BCUT2D eigenvalue weighted by atomic mass is 35.5. The maximum atomic E-state index is 11.9. The van der Waals surface area contributed by atoms with Crippen molar-refractivity contribution in [1.82, 2.24) is 14.8 Å². The van der Waals surface area contributed by atoms with E-state index in [1.807, 2.05) is 48.5 Å². The lowest BCUT2D eigenvalue weighted by molar-refractivity contribution is -0.116. The minimum atomic E-state index is -0.0583. The molecule has 0 aliphatic rings. The molecule has 0 bridgehead atoms. The molecule has 0 saturated carbocycles. The van der Waals surface area contributed by atoms with Crippen molar-refractivity contribution in [2.45, 2.75) is 22.8 Å². The van der Waals surface area contributed by atoms with Crippen LogP contribution < -0.4 is 5.32 Å². The number of aryl methyl sites for hydroxylation is 1. The summed E-state index contributed by atoms with van der Waals surface area (Å²) in [6, 6.07) is 15.4. The Morgan fingerprint density at radius 3 is 2.67 bits per heavy atom. The number of carbonyl (C=O) groups is 1. The number of nitrogens with zero attached hydrogens (tertiary/aromatic N) is 3. The summed E-state index contributed by atoms with van der Waals surface area (Å²) in [5.41, 5.74) is 0.766. The molecular formula is C17H15ClN4OS. The second-order valence-corrected chi connectivity index (χ2v) is 6.54. The monoisotopic (exact) mass is 358 g/mol. The van der Waals surface area contributed by atoms with Crippen molar-refractivity contribution in [1.29, 1.82) is 0 Å². The van der Waals surface area contributed by atoms with E-state index >= 15 is 0 Å². The van der Waals surface area contributed by atoms with Crippen LogP contribution in [-0.4, -0.2) is 20.7 Å². The summed E-state index contributed by atoms with van der Waals surface area (Å²) in [5, 5.41) is 7.57. The fourth-order valence-electron chi connectivity index (χ4n) is 2.05. The molecule has 1 amide bonds. The van der Waals surface area contributed by atoms with Crippen LogP contribution in [0.3, 0.4) is 0 Å². The minimum Gasteiger partial charge on any atom is -0.326 e. The first-order chi connectivity index (χ1) is 11.7.